The molecule has 0 aliphatic carbocycles. The van der Waals surface area contributed by atoms with Gasteiger partial charge in [-0.1, -0.05) is 40.2 Å². The molecule has 1 aliphatic rings. The third-order valence-electron chi connectivity index (χ3n) is 5.81. The highest BCUT2D eigenvalue weighted by atomic mass is 79.9. The smallest absolute Gasteiger partial charge is 0.296 e. The Balaban J connectivity index is 1.66. The second kappa shape index (κ2) is 8.41. The summed E-state index contributed by atoms with van der Waals surface area (Å²) in [7, 11) is 1.52. The van der Waals surface area contributed by atoms with E-state index < -0.39 is 23.5 Å². The molecule has 1 aliphatic heterocycles. The van der Waals surface area contributed by atoms with Gasteiger partial charge in [-0.05, 0) is 43.7 Å². The van der Waals surface area contributed by atoms with Crippen molar-refractivity contribution in [1.82, 2.24) is 4.98 Å². The van der Waals surface area contributed by atoms with Gasteiger partial charge in [-0.2, -0.15) is 0 Å². The molecule has 0 spiro atoms. The fraction of sp³-hybridized carbons (Fsp3) is 0.160. The molecule has 1 amide bonds. The van der Waals surface area contributed by atoms with E-state index in [1.807, 2.05) is 26.0 Å². The number of benzene rings is 2. The van der Waals surface area contributed by atoms with Crippen molar-refractivity contribution in [3.05, 3.63) is 86.2 Å². The van der Waals surface area contributed by atoms with Crippen LogP contribution in [0, 0.1) is 13.8 Å². The summed E-state index contributed by atoms with van der Waals surface area (Å²) in [6.45, 7) is 3.76. The van der Waals surface area contributed by atoms with E-state index in [1.54, 1.807) is 36.4 Å². The lowest BCUT2D eigenvalue weighted by Gasteiger charge is -2.24. The summed E-state index contributed by atoms with van der Waals surface area (Å²) in [6, 6.07) is 13.3. The minimum absolute atomic E-state index is 0.00399. The zero-order valence-corrected chi connectivity index (χ0v) is 20.9. The SMILES string of the molecule is COc1cccc2cc(C(=O)C3=C(O)C(=O)N(c4nc(C)c(C)s4)C3c3ccc(Br)cc3)oc12. The van der Waals surface area contributed by atoms with Gasteiger partial charge in [0.2, 0.25) is 5.78 Å². The van der Waals surface area contributed by atoms with Gasteiger partial charge in [0, 0.05) is 14.7 Å². The molecule has 1 atom stereocenters. The van der Waals surface area contributed by atoms with Gasteiger partial charge in [-0.15, -0.1) is 11.3 Å². The molecule has 0 radical (unpaired) electrons. The van der Waals surface area contributed by atoms with Crippen LogP contribution in [0.2, 0.25) is 0 Å². The Morgan fingerprint density at radius 3 is 2.59 bits per heavy atom. The normalized spacial score (nSPS) is 16.1. The molecule has 2 aromatic carbocycles. The van der Waals surface area contributed by atoms with Crippen molar-refractivity contribution in [2.45, 2.75) is 19.9 Å². The van der Waals surface area contributed by atoms with Gasteiger partial charge < -0.3 is 14.3 Å². The van der Waals surface area contributed by atoms with Crippen molar-refractivity contribution in [3.63, 3.8) is 0 Å². The Labute approximate surface area is 207 Å². The van der Waals surface area contributed by atoms with Crippen LogP contribution in [0.5, 0.6) is 5.75 Å². The zero-order valence-electron chi connectivity index (χ0n) is 18.5. The van der Waals surface area contributed by atoms with Crippen molar-refractivity contribution in [3.8, 4) is 5.75 Å². The highest BCUT2D eigenvalue weighted by Crippen LogP contribution is 2.44. The van der Waals surface area contributed by atoms with E-state index in [1.165, 1.54) is 23.3 Å². The molecule has 0 fully saturated rings. The number of furan rings is 1. The number of aryl methyl sites for hydroxylation is 2. The maximum atomic E-state index is 13.7. The maximum absolute atomic E-state index is 13.7. The molecule has 5 rings (SSSR count). The monoisotopic (exact) mass is 538 g/mol. The first-order valence-corrected chi connectivity index (χ1v) is 12.0. The van der Waals surface area contributed by atoms with E-state index in [4.69, 9.17) is 9.15 Å². The molecule has 1 unspecified atom stereocenters. The van der Waals surface area contributed by atoms with Gasteiger partial charge in [0.25, 0.3) is 5.91 Å². The van der Waals surface area contributed by atoms with E-state index in [0.29, 0.717) is 27.4 Å². The van der Waals surface area contributed by atoms with Crippen LogP contribution in [0.4, 0.5) is 5.13 Å². The molecule has 2 aromatic heterocycles. The number of methoxy groups -OCH3 is 1. The van der Waals surface area contributed by atoms with Crippen molar-refractivity contribution >= 4 is 55.1 Å². The molecule has 4 aromatic rings. The standard InChI is InChI=1S/C25H19BrN2O5S/c1-12-13(2)34-25(27-12)28-20(14-7-9-16(26)10-8-14)19(22(30)24(28)31)21(29)18-11-15-5-4-6-17(32-3)23(15)33-18/h4-11,20,30H,1-3H3. The molecule has 172 valence electrons. The minimum Gasteiger partial charge on any atom is -0.503 e. The third-order valence-corrected chi connectivity index (χ3v) is 7.41. The average molecular weight is 539 g/mol. The average Bonchev–Trinajstić information content (AvgIpc) is 3.48. The predicted molar refractivity (Wildman–Crippen MR) is 133 cm³/mol. The number of halogens is 1. The second-order valence-electron chi connectivity index (χ2n) is 7.85. The first kappa shape index (κ1) is 22.4. The Bertz CT molecular complexity index is 1470. The Morgan fingerprint density at radius 1 is 1.21 bits per heavy atom. The number of rotatable bonds is 5. The summed E-state index contributed by atoms with van der Waals surface area (Å²) >= 11 is 4.75. The van der Waals surface area contributed by atoms with Gasteiger partial charge in [-0.25, -0.2) is 4.98 Å². The second-order valence-corrected chi connectivity index (χ2v) is 9.95. The van der Waals surface area contributed by atoms with Crippen LogP contribution in [0.3, 0.4) is 0 Å². The van der Waals surface area contributed by atoms with Gasteiger partial charge in [-0.3, -0.25) is 14.5 Å². The van der Waals surface area contributed by atoms with Crippen LogP contribution in [-0.4, -0.2) is 28.9 Å². The molecule has 0 saturated heterocycles. The van der Waals surface area contributed by atoms with Crippen LogP contribution in [0.15, 0.2) is 68.8 Å². The number of ether oxygens (including phenoxy) is 1. The number of hydrogen-bond acceptors (Lipinski definition) is 7. The number of nitrogens with zero attached hydrogens (tertiary/aromatic N) is 2. The van der Waals surface area contributed by atoms with Crippen molar-refractivity contribution < 1.29 is 23.8 Å². The summed E-state index contributed by atoms with van der Waals surface area (Å²) in [5.41, 5.74) is 1.80. The lowest BCUT2D eigenvalue weighted by Crippen LogP contribution is -2.31. The number of aromatic nitrogens is 1. The minimum atomic E-state index is -0.867. The number of carbonyl (C=O) groups excluding carboxylic acids is 2. The molecule has 1 N–H and O–H groups in total. The fourth-order valence-electron chi connectivity index (χ4n) is 4.00. The van der Waals surface area contributed by atoms with E-state index in [2.05, 4.69) is 20.9 Å². The van der Waals surface area contributed by atoms with Gasteiger partial charge >= 0.3 is 0 Å². The van der Waals surface area contributed by atoms with E-state index >= 15 is 0 Å². The highest BCUT2D eigenvalue weighted by Gasteiger charge is 2.46. The number of carbonyl (C=O) groups is 2. The molecular weight excluding hydrogens is 520 g/mol. The summed E-state index contributed by atoms with van der Waals surface area (Å²) < 4.78 is 12.0. The Kier molecular flexibility index (Phi) is 5.53. The molecule has 3 heterocycles. The van der Waals surface area contributed by atoms with Crippen molar-refractivity contribution in [2.24, 2.45) is 0 Å². The van der Waals surface area contributed by atoms with Crippen LogP contribution >= 0.6 is 27.3 Å². The predicted octanol–water partition coefficient (Wildman–Crippen LogP) is 6.06. The fourth-order valence-corrected chi connectivity index (χ4v) is 5.20. The van der Waals surface area contributed by atoms with Crippen molar-refractivity contribution in [2.75, 3.05) is 12.0 Å². The molecule has 9 heteroatoms. The van der Waals surface area contributed by atoms with Crippen LogP contribution in [0.1, 0.15) is 32.7 Å². The number of Topliss-reactive ketones (excluding diaryl/α,β-unsaturated/α-hetero) is 1. The molecule has 0 saturated carbocycles. The number of fused-ring (bicyclic) bond motifs is 1. The number of thiazole rings is 1. The molecule has 7 nitrogen and oxygen atoms in total. The number of para-hydroxylation sites is 1. The van der Waals surface area contributed by atoms with E-state index in [9.17, 15) is 14.7 Å². The lowest BCUT2D eigenvalue weighted by atomic mass is 9.95. The molecule has 34 heavy (non-hydrogen) atoms. The number of anilines is 1. The number of aliphatic hydroxyl groups excluding tert-OH is 1. The molecular formula is C25H19BrN2O5S. The summed E-state index contributed by atoms with van der Waals surface area (Å²) in [6.07, 6.45) is 0. The third kappa shape index (κ3) is 3.52. The first-order valence-electron chi connectivity index (χ1n) is 10.4. The number of ketones is 1. The van der Waals surface area contributed by atoms with E-state index in [0.717, 1.165) is 15.0 Å². The Morgan fingerprint density at radius 2 is 1.94 bits per heavy atom. The quantitative estimate of drug-likeness (QED) is 0.310. The van der Waals surface area contributed by atoms with Crippen molar-refractivity contribution in [1.29, 1.82) is 0 Å². The number of aliphatic hydroxyl groups is 1. The zero-order chi connectivity index (χ0) is 24.1. The van der Waals surface area contributed by atoms with Gasteiger partial charge in [0.1, 0.15) is 0 Å². The van der Waals surface area contributed by atoms with Gasteiger partial charge in [0.05, 0.1) is 24.4 Å². The number of amides is 1. The van der Waals surface area contributed by atoms with Crippen LogP contribution < -0.4 is 9.64 Å². The lowest BCUT2D eigenvalue weighted by molar-refractivity contribution is -0.117. The van der Waals surface area contributed by atoms with Crippen LogP contribution in [0.25, 0.3) is 11.0 Å². The Hall–Kier alpha value is -3.43. The van der Waals surface area contributed by atoms with Crippen LogP contribution in [-0.2, 0) is 4.79 Å². The summed E-state index contributed by atoms with van der Waals surface area (Å²) in [5, 5.41) is 12.0. The topological polar surface area (TPSA) is 92.9 Å². The maximum Gasteiger partial charge on any atom is 0.296 e. The summed E-state index contributed by atoms with van der Waals surface area (Å²) in [5.74, 6) is -1.39. The summed E-state index contributed by atoms with van der Waals surface area (Å²) in [4.78, 5) is 33.8. The van der Waals surface area contributed by atoms with Gasteiger partial charge in [0.15, 0.2) is 28.0 Å². The number of hydrogen-bond donors (Lipinski definition) is 1. The first-order chi connectivity index (χ1) is 16.3. The molecule has 0 bridgehead atoms. The largest absolute Gasteiger partial charge is 0.503 e. The van der Waals surface area contributed by atoms with E-state index in [-0.39, 0.29) is 11.3 Å². The highest BCUT2D eigenvalue weighted by molar-refractivity contribution is 9.10.